The molecule has 33 heavy (non-hydrogen) atoms. The van der Waals surface area contributed by atoms with E-state index in [4.69, 9.17) is 9.94 Å². The van der Waals surface area contributed by atoms with Gasteiger partial charge in [-0.1, -0.05) is 44.2 Å². The fraction of sp³-hybridized carbons (Fsp3) is 0.385. The Morgan fingerprint density at radius 1 is 1.09 bits per heavy atom. The maximum absolute atomic E-state index is 12.8. The van der Waals surface area contributed by atoms with Gasteiger partial charge in [0.05, 0.1) is 6.61 Å². The summed E-state index contributed by atoms with van der Waals surface area (Å²) in [5, 5.41) is 10.0. The van der Waals surface area contributed by atoms with E-state index in [2.05, 4.69) is 23.2 Å². The first-order valence-electron chi connectivity index (χ1n) is 11.5. The number of hydrogen-bond acceptors (Lipinski definition) is 4. The second-order valence-electron chi connectivity index (χ2n) is 8.70. The molecule has 3 aromatic rings. The first kappa shape index (κ1) is 24.3. The summed E-state index contributed by atoms with van der Waals surface area (Å²) in [6.07, 6.45) is 3.90. The molecule has 0 fully saturated rings. The zero-order valence-electron chi connectivity index (χ0n) is 19.3. The molecule has 0 bridgehead atoms. The molecule has 7 nitrogen and oxygen atoms in total. The van der Waals surface area contributed by atoms with Gasteiger partial charge in [-0.2, -0.15) is 0 Å². The number of amides is 2. The Morgan fingerprint density at radius 3 is 2.61 bits per heavy atom. The van der Waals surface area contributed by atoms with Gasteiger partial charge in [-0.25, -0.2) is 10.3 Å². The molecule has 3 rings (SSSR count). The van der Waals surface area contributed by atoms with Crippen molar-refractivity contribution in [3.63, 3.8) is 0 Å². The highest BCUT2D eigenvalue weighted by Gasteiger charge is 2.20. The third-order valence-electron chi connectivity index (χ3n) is 5.66. The van der Waals surface area contributed by atoms with Crippen LogP contribution in [0.2, 0.25) is 0 Å². The van der Waals surface area contributed by atoms with Gasteiger partial charge in [0.1, 0.15) is 0 Å². The Hall–Kier alpha value is -3.32. The van der Waals surface area contributed by atoms with Crippen LogP contribution in [0.15, 0.2) is 60.8 Å². The van der Waals surface area contributed by atoms with Crippen molar-refractivity contribution in [1.29, 1.82) is 0 Å². The van der Waals surface area contributed by atoms with Gasteiger partial charge in [0.2, 0.25) is 5.91 Å². The van der Waals surface area contributed by atoms with Crippen molar-refractivity contribution in [3.8, 4) is 0 Å². The lowest BCUT2D eigenvalue weighted by Crippen LogP contribution is -2.33. The van der Waals surface area contributed by atoms with Crippen LogP contribution in [0.3, 0.4) is 0 Å². The maximum atomic E-state index is 12.8. The molecule has 2 amide bonds. The van der Waals surface area contributed by atoms with E-state index in [-0.39, 0.29) is 24.3 Å². The number of nitrogens with one attached hydrogen (secondary N) is 2. The third-order valence-corrected chi connectivity index (χ3v) is 5.66. The van der Waals surface area contributed by atoms with E-state index in [1.807, 2.05) is 56.4 Å². The van der Waals surface area contributed by atoms with Crippen molar-refractivity contribution in [1.82, 2.24) is 10.5 Å². The molecule has 0 aliphatic carbocycles. The number of para-hydroxylation sites is 1. The Balaban J connectivity index is 1.71. The standard InChI is InChI=1S/C26H33N3O4/c1-19(2)18-33-26(31)29(23-8-4-3-5-9-23)16-6-7-20(12-13-25(30)28-32)22-11-10-21-14-15-27-24(21)17-22/h3-5,8-11,14-15,17,19-20,27,32H,6-7,12-13,16,18H2,1-2H3,(H,28,30). The first-order chi connectivity index (χ1) is 16.0. The number of carbonyl (C=O) groups is 2. The van der Waals surface area contributed by atoms with Crippen LogP contribution in [0.1, 0.15) is 51.0 Å². The second kappa shape index (κ2) is 12.1. The van der Waals surface area contributed by atoms with Crippen LogP contribution in [-0.2, 0) is 9.53 Å². The molecule has 1 aromatic heterocycles. The van der Waals surface area contributed by atoms with Crippen LogP contribution in [0, 0.1) is 5.92 Å². The first-order valence-corrected chi connectivity index (χ1v) is 11.5. The van der Waals surface area contributed by atoms with E-state index in [0.29, 0.717) is 19.6 Å². The molecule has 0 aliphatic heterocycles. The lowest BCUT2D eigenvalue weighted by molar-refractivity contribution is -0.129. The number of rotatable bonds is 11. The number of carbonyl (C=O) groups excluding carboxylic acids is 2. The van der Waals surface area contributed by atoms with E-state index in [1.54, 1.807) is 10.4 Å². The van der Waals surface area contributed by atoms with E-state index in [0.717, 1.165) is 35.0 Å². The Kier molecular flexibility index (Phi) is 8.89. The largest absolute Gasteiger partial charge is 0.449 e. The average Bonchev–Trinajstić information content (AvgIpc) is 3.30. The van der Waals surface area contributed by atoms with Gasteiger partial charge in [0.15, 0.2) is 0 Å². The molecule has 0 saturated carbocycles. The number of hydroxylamine groups is 1. The molecular formula is C26H33N3O4. The molecule has 1 heterocycles. The monoisotopic (exact) mass is 451 g/mol. The van der Waals surface area contributed by atoms with E-state index in [1.165, 1.54) is 0 Å². The summed E-state index contributed by atoms with van der Waals surface area (Å²) in [7, 11) is 0. The summed E-state index contributed by atoms with van der Waals surface area (Å²) in [5.74, 6) is -0.0278. The smallest absolute Gasteiger partial charge is 0.414 e. The number of ether oxygens (including phenoxy) is 1. The molecule has 176 valence electrons. The lowest BCUT2D eigenvalue weighted by Gasteiger charge is -2.24. The fourth-order valence-corrected chi connectivity index (χ4v) is 3.90. The van der Waals surface area contributed by atoms with Gasteiger partial charge >= 0.3 is 6.09 Å². The topological polar surface area (TPSA) is 94.7 Å². The maximum Gasteiger partial charge on any atom is 0.414 e. The van der Waals surface area contributed by atoms with E-state index < -0.39 is 5.91 Å². The SMILES string of the molecule is CC(C)COC(=O)N(CCCC(CCC(=O)NO)c1ccc2cc[nH]c2c1)c1ccccc1. The number of hydrogen-bond donors (Lipinski definition) is 3. The zero-order valence-corrected chi connectivity index (χ0v) is 19.3. The molecular weight excluding hydrogens is 418 g/mol. The number of aromatic nitrogens is 1. The van der Waals surface area contributed by atoms with Crippen LogP contribution < -0.4 is 10.4 Å². The van der Waals surface area contributed by atoms with Crippen LogP contribution in [0.5, 0.6) is 0 Å². The minimum absolute atomic E-state index is 0.110. The highest BCUT2D eigenvalue weighted by atomic mass is 16.6. The number of anilines is 1. The summed E-state index contributed by atoms with van der Waals surface area (Å²) in [6.45, 7) is 4.90. The van der Waals surface area contributed by atoms with Crippen LogP contribution >= 0.6 is 0 Å². The van der Waals surface area contributed by atoms with Gasteiger partial charge in [-0.05, 0) is 66.3 Å². The number of aromatic amines is 1. The molecule has 3 N–H and O–H groups in total. The summed E-state index contributed by atoms with van der Waals surface area (Å²) >= 11 is 0. The second-order valence-corrected chi connectivity index (χ2v) is 8.70. The Labute approximate surface area is 194 Å². The number of H-pyrrole nitrogens is 1. The molecule has 2 aromatic carbocycles. The summed E-state index contributed by atoms with van der Waals surface area (Å²) in [5.41, 5.74) is 4.70. The average molecular weight is 452 g/mol. The van der Waals surface area contributed by atoms with Gasteiger partial charge in [-0.3, -0.25) is 14.9 Å². The fourth-order valence-electron chi connectivity index (χ4n) is 3.90. The minimum atomic E-state index is -0.399. The normalized spacial score (nSPS) is 12.0. The number of fused-ring (bicyclic) bond motifs is 1. The number of nitrogens with zero attached hydrogens (tertiary/aromatic N) is 1. The predicted molar refractivity (Wildman–Crippen MR) is 129 cm³/mol. The molecule has 0 aliphatic rings. The van der Waals surface area contributed by atoms with Crippen molar-refractivity contribution >= 4 is 28.6 Å². The van der Waals surface area contributed by atoms with Gasteiger partial charge < -0.3 is 9.72 Å². The molecule has 1 atom stereocenters. The van der Waals surface area contributed by atoms with Crippen LogP contribution in [-0.4, -0.2) is 35.3 Å². The molecule has 7 heteroatoms. The van der Waals surface area contributed by atoms with Crippen molar-refractivity contribution in [2.45, 2.75) is 45.4 Å². The van der Waals surface area contributed by atoms with E-state index >= 15 is 0 Å². The quantitative estimate of drug-likeness (QED) is 0.261. The van der Waals surface area contributed by atoms with Crippen molar-refractivity contribution in [2.75, 3.05) is 18.1 Å². The highest BCUT2D eigenvalue weighted by Crippen LogP contribution is 2.29. The zero-order chi connectivity index (χ0) is 23.6. The summed E-state index contributed by atoms with van der Waals surface area (Å²) < 4.78 is 5.50. The predicted octanol–water partition coefficient (Wildman–Crippen LogP) is 5.62. The third kappa shape index (κ3) is 7.08. The molecule has 1 unspecified atom stereocenters. The van der Waals surface area contributed by atoms with Gasteiger partial charge in [-0.15, -0.1) is 0 Å². The summed E-state index contributed by atoms with van der Waals surface area (Å²) in [6, 6.07) is 17.8. The van der Waals surface area contributed by atoms with Gasteiger partial charge in [0, 0.05) is 30.4 Å². The van der Waals surface area contributed by atoms with Crippen molar-refractivity contribution in [2.24, 2.45) is 5.92 Å². The molecule has 0 saturated heterocycles. The van der Waals surface area contributed by atoms with Crippen molar-refractivity contribution < 1.29 is 19.5 Å². The Bertz CT molecular complexity index is 1030. The van der Waals surface area contributed by atoms with E-state index in [9.17, 15) is 9.59 Å². The van der Waals surface area contributed by atoms with Gasteiger partial charge in [0.25, 0.3) is 0 Å². The van der Waals surface area contributed by atoms with Crippen LogP contribution in [0.25, 0.3) is 10.9 Å². The molecule has 0 radical (unpaired) electrons. The highest BCUT2D eigenvalue weighted by molar-refractivity contribution is 5.87. The Morgan fingerprint density at radius 2 is 1.88 bits per heavy atom. The van der Waals surface area contributed by atoms with Crippen LogP contribution in [0.4, 0.5) is 10.5 Å². The lowest BCUT2D eigenvalue weighted by atomic mass is 9.89. The van der Waals surface area contributed by atoms with Crippen molar-refractivity contribution in [3.05, 3.63) is 66.4 Å². The number of benzene rings is 2. The summed E-state index contributed by atoms with van der Waals surface area (Å²) in [4.78, 5) is 29.4. The molecule has 0 spiro atoms. The minimum Gasteiger partial charge on any atom is -0.449 e.